The monoisotopic (exact) mass is 575 g/mol. The molecule has 5 rings (SSSR count). The first-order chi connectivity index (χ1) is 19.9. The molecule has 0 saturated heterocycles. The number of allylic oxidation sites excluding steroid dienone is 4. The van der Waals surface area contributed by atoms with E-state index in [0.29, 0.717) is 43.1 Å². The van der Waals surface area contributed by atoms with Crippen LogP contribution >= 0.6 is 0 Å². The van der Waals surface area contributed by atoms with Gasteiger partial charge in [-0.25, -0.2) is 4.39 Å². The highest BCUT2D eigenvalue weighted by atomic mass is 19.1. The number of hydrogen-bond donors (Lipinski definition) is 0. The molecule has 0 bridgehead atoms. The third-order valence-corrected chi connectivity index (χ3v) is 8.61. The van der Waals surface area contributed by atoms with Gasteiger partial charge in [0.1, 0.15) is 12.4 Å². The summed E-state index contributed by atoms with van der Waals surface area (Å²) in [7, 11) is 3.25. The smallest absolute Gasteiger partial charge is 0.162 e. The number of methoxy groups -OCH3 is 2. The molecule has 224 valence electrons. The molecule has 0 saturated carbocycles. The fourth-order valence-electron chi connectivity index (χ4n) is 6.77. The summed E-state index contributed by atoms with van der Waals surface area (Å²) in [6.45, 7) is 9.91. The number of halogens is 1. The fourth-order valence-corrected chi connectivity index (χ4v) is 6.77. The predicted octanol–water partition coefficient (Wildman–Crippen LogP) is 7.14. The zero-order chi connectivity index (χ0) is 30.2. The van der Waals surface area contributed by atoms with Gasteiger partial charge in [-0.05, 0) is 53.9 Å². The lowest BCUT2D eigenvalue weighted by molar-refractivity contribution is -0.119. The van der Waals surface area contributed by atoms with Gasteiger partial charge in [-0.1, -0.05) is 52.0 Å². The summed E-state index contributed by atoms with van der Waals surface area (Å²) in [5.74, 6) is 0.314. The molecular weight excluding hydrogens is 533 g/mol. The van der Waals surface area contributed by atoms with Crippen molar-refractivity contribution in [3.05, 3.63) is 81.9 Å². The summed E-state index contributed by atoms with van der Waals surface area (Å²) < 4.78 is 31.3. The van der Waals surface area contributed by atoms with Crippen molar-refractivity contribution in [1.29, 1.82) is 0 Å². The molecule has 2 aliphatic carbocycles. The third kappa shape index (κ3) is 5.89. The summed E-state index contributed by atoms with van der Waals surface area (Å²) >= 11 is 0. The van der Waals surface area contributed by atoms with E-state index in [0.717, 1.165) is 47.4 Å². The van der Waals surface area contributed by atoms with Gasteiger partial charge in [-0.2, -0.15) is 0 Å². The van der Waals surface area contributed by atoms with Gasteiger partial charge in [-0.3, -0.25) is 9.59 Å². The molecule has 0 amide bonds. The average molecular weight is 576 g/mol. The predicted molar refractivity (Wildman–Crippen MR) is 160 cm³/mol. The van der Waals surface area contributed by atoms with Crippen LogP contribution in [-0.2, 0) is 20.9 Å². The minimum absolute atomic E-state index is 0.0496. The van der Waals surface area contributed by atoms with Crippen molar-refractivity contribution >= 4 is 11.6 Å². The van der Waals surface area contributed by atoms with E-state index < -0.39 is 5.92 Å². The number of carbonyl (C=O) groups excluding carboxylic acids is 2. The average Bonchev–Trinajstić information content (AvgIpc) is 2.91. The Hall–Kier alpha value is -3.45. The van der Waals surface area contributed by atoms with Crippen molar-refractivity contribution < 1.29 is 28.2 Å². The number of Topliss-reactive ketones (excluding diaryl/α,β-unsaturated/α-hetero) is 2. The molecule has 0 spiro atoms. The molecule has 1 aliphatic heterocycles. The van der Waals surface area contributed by atoms with Crippen LogP contribution in [0, 0.1) is 16.6 Å². The van der Waals surface area contributed by atoms with Crippen LogP contribution in [0.2, 0.25) is 0 Å². The number of hydrogen-bond acceptors (Lipinski definition) is 6. The van der Waals surface area contributed by atoms with Crippen molar-refractivity contribution in [2.45, 2.75) is 72.3 Å². The molecular formula is C35H42FNO5. The second-order valence-corrected chi connectivity index (χ2v) is 13.3. The third-order valence-electron chi connectivity index (χ3n) is 8.61. The molecule has 0 N–H and O–H groups in total. The molecule has 6 nitrogen and oxygen atoms in total. The van der Waals surface area contributed by atoms with Gasteiger partial charge >= 0.3 is 0 Å². The molecule has 0 fully saturated rings. The number of carbonyl (C=O) groups is 2. The zero-order valence-electron chi connectivity index (χ0n) is 25.6. The molecule has 0 unspecified atom stereocenters. The van der Waals surface area contributed by atoms with E-state index >= 15 is 0 Å². The van der Waals surface area contributed by atoms with Crippen LogP contribution < -0.4 is 9.47 Å². The Morgan fingerprint density at radius 2 is 1.48 bits per heavy atom. The van der Waals surface area contributed by atoms with E-state index in [1.807, 2.05) is 12.1 Å². The maximum Gasteiger partial charge on any atom is 0.162 e. The largest absolute Gasteiger partial charge is 0.493 e. The summed E-state index contributed by atoms with van der Waals surface area (Å²) in [6, 6.07) is 12.1. The summed E-state index contributed by atoms with van der Waals surface area (Å²) in [4.78, 5) is 30.3. The van der Waals surface area contributed by atoms with Crippen LogP contribution in [-0.4, -0.2) is 43.8 Å². The summed E-state index contributed by atoms with van der Waals surface area (Å²) in [5, 5.41) is 0. The first kappa shape index (κ1) is 30.0. The normalized spacial score (nSPS) is 20.0. The minimum Gasteiger partial charge on any atom is -0.493 e. The lowest BCUT2D eigenvalue weighted by Crippen LogP contribution is -2.44. The molecule has 42 heavy (non-hydrogen) atoms. The number of ketones is 2. The van der Waals surface area contributed by atoms with Crippen LogP contribution in [0.3, 0.4) is 0 Å². The van der Waals surface area contributed by atoms with E-state index in [9.17, 15) is 14.0 Å². The highest BCUT2D eigenvalue weighted by Gasteiger charge is 2.49. The molecule has 0 radical (unpaired) electrons. The van der Waals surface area contributed by atoms with Gasteiger partial charge < -0.3 is 19.1 Å². The van der Waals surface area contributed by atoms with E-state index in [1.165, 1.54) is 6.07 Å². The number of ether oxygens (including phenoxy) is 3. The van der Waals surface area contributed by atoms with Crippen LogP contribution in [0.5, 0.6) is 11.5 Å². The van der Waals surface area contributed by atoms with Crippen LogP contribution in [0.25, 0.3) is 0 Å². The molecule has 0 aromatic heterocycles. The number of rotatable bonds is 9. The lowest BCUT2D eigenvalue weighted by atomic mass is 9.63. The van der Waals surface area contributed by atoms with Gasteiger partial charge in [0.25, 0.3) is 0 Å². The van der Waals surface area contributed by atoms with Gasteiger partial charge in [0.15, 0.2) is 23.1 Å². The summed E-state index contributed by atoms with van der Waals surface area (Å²) in [6.07, 6.45) is 3.16. The first-order valence-electron chi connectivity index (χ1n) is 14.8. The second-order valence-electron chi connectivity index (χ2n) is 13.3. The van der Waals surface area contributed by atoms with Gasteiger partial charge in [0.05, 0.1) is 7.11 Å². The van der Waals surface area contributed by atoms with Crippen LogP contribution in [0.15, 0.2) is 65.0 Å². The van der Waals surface area contributed by atoms with Crippen molar-refractivity contribution in [2.75, 3.05) is 27.4 Å². The highest BCUT2D eigenvalue weighted by Crippen LogP contribution is 2.55. The van der Waals surface area contributed by atoms with Gasteiger partial charge in [0.2, 0.25) is 0 Å². The minimum atomic E-state index is -0.476. The number of benzene rings is 2. The Bertz CT molecular complexity index is 1400. The van der Waals surface area contributed by atoms with Crippen molar-refractivity contribution in [3.63, 3.8) is 0 Å². The second kappa shape index (κ2) is 11.7. The van der Waals surface area contributed by atoms with E-state index in [1.54, 1.807) is 38.5 Å². The topological polar surface area (TPSA) is 65.1 Å². The molecule has 2 aromatic rings. The highest BCUT2D eigenvalue weighted by molar-refractivity contribution is 6.06. The van der Waals surface area contributed by atoms with Gasteiger partial charge in [0, 0.05) is 67.1 Å². The molecule has 2 aromatic carbocycles. The molecule has 3 aliphatic rings. The van der Waals surface area contributed by atoms with Crippen LogP contribution in [0.1, 0.15) is 76.8 Å². The number of nitrogens with zero attached hydrogens (tertiary/aromatic N) is 1. The van der Waals surface area contributed by atoms with Crippen molar-refractivity contribution in [3.8, 4) is 11.5 Å². The van der Waals surface area contributed by atoms with E-state index in [-0.39, 0.29) is 34.8 Å². The van der Waals surface area contributed by atoms with Crippen molar-refractivity contribution in [2.24, 2.45) is 10.8 Å². The van der Waals surface area contributed by atoms with E-state index in [2.05, 4.69) is 32.6 Å². The Morgan fingerprint density at radius 1 is 0.857 bits per heavy atom. The first-order valence-corrected chi connectivity index (χ1v) is 14.8. The molecule has 0 atom stereocenters. The Morgan fingerprint density at radius 3 is 2.05 bits per heavy atom. The molecule has 7 heteroatoms. The fraction of sp³-hybridized carbons (Fsp3) is 0.486. The Labute approximate surface area is 248 Å². The summed E-state index contributed by atoms with van der Waals surface area (Å²) in [5.41, 5.74) is 4.40. The maximum absolute atomic E-state index is 14.2. The zero-order valence-corrected chi connectivity index (χ0v) is 25.6. The quantitative estimate of drug-likeness (QED) is 0.296. The van der Waals surface area contributed by atoms with Crippen LogP contribution in [0.4, 0.5) is 4.39 Å². The lowest BCUT2D eigenvalue weighted by Gasteiger charge is -2.49. The Balaban J connectivity index is 1.61. The van der Waals surface area contributed by atoms with Crippen molar-refractivity contribution in [1.82, 2.24) is 4.90 Å². The SMILES string of the molecule is COCCCN1C2=C(C(=O)CC(C)(C)C2)C(c2ccc(OCc3ccccc3F)c(OC)c2)C2=C1CC(C)(C)CC2=O. The van der Waals surface area contributed by atoms with Gasteiger partial charge in [-0.15, -0.1) is 0 Å². The standard InChI is InChI=1S/C35H42FNO5/c1-34(2)17-25-32(27(38)19-34)31(33-26(37(25)14-9-15-40-5)18-35(3,4)20-28(33)39)22-12-13-29(30(16-22)41-6)42-21-23-10-7-8-11-24(23)36/h7-8,10-13,16,31H,9,14-15,17-21H2,1-6H3. The maximum atomic E-state index is 14.2. The van der Waals surface area contributed by atoms with E-state index in [4.69, 9.17) is 14.2 Å². The Kier molecular flexibility index (Phi) is 8.35. The molecule has 1 heterocycles.